The second kappa shape index (κ2) is 4.07. The molecule has 0 radical (unpaired) electrons. The zero-order valence-corrected chi connectivity index (χ0v) is 9.51. The molecule has 0 bridgehead atoms. The number of hydrogen-bond donors (Lipinski definition) is 1. The number of rotatable bonds is 2. The Morgan fingerprint density at radius 3 is 3.00 bits per heavy atom. The Balaban J connectivity index is 2.64. The summed E-state index contributed by atoms with van der Waals surface area (Å²) >= 11 is 3.48. The van der Waals surface area contributed by atoms with Crippen molar-refractivity contribution in [3.8, 4) is 0 Å². The van der Waals surface area contributed by atoms with Crippen LogP contribution in [0.2, 0.25) is 0 Å². The molecule has 14 heavy (non-hydrogen) atoms. The number of halogens is 1. The Morgan fingerprint density at radius 1 is 1.36 bits per heavy atom. The molecule has 3 heteroatoms. The summed E-state index contributed by atoms with van der Waals surface area (Å²) in [5.41, 5.74) is 1.23. The molecule has 2 aromatic rings. The normalized spacial score (nSPS) is 10.7. The van der Waals surface area contributed by atoms with E-state index in [4.69, 9.17) is 0 Å². The zero-order chi connectivity index (χ0) is 9.97. The van der Waals surface area contributed by atoms with Gasteiger partial charge in [-0.2, -0.15) is 0 Å². The molecule has 1 N–H and O–H groups in total. The molecule has 0 unspecified atom stereocenters. The summed E-state index contributed by atoms with van der Waals surface area (Å²) in [6.07, 6.45) is 3.80. The standard InChI is InChI=1S/C11H11BrN2/c1-13-5-9-7-14-6-8-2-3-10(12)4-11(8)9/h2-4,6-7,13H,5H2,1H3. The van der Waals surface area contributed by atoms with E-state index in [1.807, 2.05) is 25.5 Å². The first kappa shape index (κ1) is 9.62. The third-order valence-corrected chi connectivity index (χ3v) is 2.67. The molecular formula is C11H11BrN2. The lowest BCUT2D eigenvalue weighted by Crippen LogP contribution is -2.05. The topological polar surface area (TPSA) is 24.9 Å². The fraction of sp³-hybridized carbons (Fsp3) is 0.182. The molecule has 2 nitrogen and oxygen atoms in total. The molecular weight excluding hydrogens is 240 g/mol. The molecule has 0 aliphatic carbocycles. The van der Waals surface area contributed by atoms with Crippen molar-refractivity contribution in [1.82, 2.24) is 10.3 Å². The summed E-state index contributed by atoms with van der Waals surface area (Å²) in [7, 11) is 1.94. The maximum Gasteiger partial charge on any atom is 0.0346 e. The molecule has 0 aliphatic heterocycles. The average Bonchev–Trinajstić information content (AvgIpc) is 2.19. The Kier molecular flexibility index (Phi) is 2.79. The molecule has 0 saturated heterocycles. The lowest BCUT2D eigenvalue weighted by Gasteiger charge is -2.05. The average molecular weight is 251 g/mol. The lowest BCUT2D eigenvalue weighted by molar-refractivity contribution is 0.820. The maximum atomic E-state index is 4.21. The molecule has 1 heterocycles. The Labute approximate surface area is 91.5 Å². The van der Waals surface area contributed by atoms with Gasteiger partial charge in [0.25, 0.3) is 0 Å². The minimum Gasteiger partial charge on any atom is -0.316 e. The number of aromatic nitrogens is 1. The summed E-state index contributed by atoms with van der Waals surface area (Å²) in [5, 5.41) is 5.58. The molecule has 0 aliphatic rings. The second-order valence-corrected chi connectivity index (χ2v) is 4.11. The molecule has 72 valence electrons. The van der Waals surface area contributed by atoms with E-state index in [9.17, 15) is 0 Å². The lowest BCUT2D eigenvalue weighted by atomic mass is 10.1. The minimum atomic E-state index is 0.848. The summed E-state index contributed by atoms with van der Waals surface area (Å²) in [4.78, 5) is 4.21. The van der Waals surface area contributed by atoms with Gasteiger partial charge in [0.1, 0.15) is 0 Å². The van der Waals surface area contributed by atoms with Crippen molar-refractivity contribution >= 4 is 26.7 Å². The molecule has 0 atom stereocenters. The van der Waals surface area contributed by atoms with Gasteiger partial charge >= 0.3 is 0 Å². The predicted octanol–water partition coefficient (Wildman–Crippen LogP) is 2.72. The van der Waals surface area contributed by atoms with E-state index in [1.165, 1.54) is 16.3 Å². The van der Waals surface area contributed by atoms with Crippen molar-refractivity contribution in [2.75, 3.05) is 7.05 Å². The van der Waals surface area contributed by atoms with Crippen LogP contribution in [-0.2, 0) is 6.54 Å². The van der Waals surface area contributed by atoms with Crippen LogP contribution in [0.4, 0.5) is 0 Å². The van der Waals surface area contributed by atoms with Crippen LogP contribution in [0.5, 0.6) is 0 Å². The number of pyridine rings is 1. The highest BCUT2D eigenvalue weighted by atomic mass is 79.9. The Hall–Kier alpha value is -0.930. The van der Waals surface area contributed by atoms with Gasteiger partial charge in [-0.15, -0.1) is 0 Å². The summed E-state index contributed by atoms with van der Waals surface area (Å²) in [6.45, 7) is 0.848. The van der Waals surface area contributed by atoms with Gasteiger partial charge in [-0.1, -0.05) is 22.0 Å². The van der Waals surface area contributed by atoms with E-state index in [0.717, 1.165) is 11.0 Å². The number of nitrogens with zero attached hydrogens (tertiary/aromatic N) is 1. The van der Waals surface area contributed by atoms with E-state index in [0.29, 0.717) is 0 Å². The highest BCUT2D eigenvalue weighted by molar-refractivity contribution is 9.10. The number of benzene rings is 1. The second-order valence-electron chi connectivity index (χ2n) is 3.19. The summed E-state index contributed by atoms with van der Waals surface area (Å²) in [5.74, 6) is 0. The fourth-order valence-electron chi connectivity index (χ4n) is 1.53. The first-order chi connectivity index (χ1) is 6.81. The molecule has 2 rings (SSSR count). The van der Waals surface area contributed by atoms with Crippen LogP contribution < -0.4 is 5.32 Å². The smallest absolute Gasteiger partial charge is 0.0346 e. The van der Waals surface area contributed by atoms with Crippen LogP contribution in [0.1, 0.15) is 5.56 Å². The van der Waals surface area contributed by atoms with Crippen LogP contribution in [0.25, 0.3) is 10.8 Å². The van der Waals surface area contributed by atoms with Gasteiger partial charge in [-0.3, -0.25) is 4.98 Å². The molecule has 0 saturated carbocycles. The van der Waals surface area contributed by atoms with Crippen LogP contribution in [0.3, 0.4) is 0 Å². The molecule has 1 aromatic heterocycles. The largest absolute Gasteiger partial charge is 0.316 e. The van der Waals surface area contributed by atoms with E-state index in [-0.39, 0.29) is 0 Å². The van der Waals surface area contributed by atoms with E-state index < -0.39 is 0 Å². The molecule has 0 amide bonds. The van der Waals surface area contributed by atoms with E-state index >= 15 is 0 Å². The van der Waals surface area contributed by atoms with Gasteiger partial charge < -0.3 is 5.32 Å². The quantitative estimate of drug-likeness (QED) is 0.887. The van der Waals surface area contributed by atoms with Crippen LogP contribution >= 0.6 is 15.9 Å². The van der Waals surface area contributed by atoms with Gasteiger partial charge in [0.15, 0.2) is 0 Å². The SMILES string of the molecule is CNCc1cncc2ccc(Br)cc12. The van der Waals surface area contributed by atoms with Crippen molar-refractivity contribution in [2.45, 2.75) is 6.54 Å². The van der Waals surface area contributed by atoms with Crippen molar-refractivity contribution in [3.63, 3.8) is 0 Å². The third kappa shape index (κ3) is 1.79. The molecule has 0 fully saturated rings. The van der Waals surface area contributed by atoms with E-state index in [1.54, 1.807) is 0 Å². The van der Waals surface area contributed by atoms with Gasteiger partial charge in [0, 0.05) is 28.8 Å². The van der Waals surface area contributed by atoms with Gasteiger partial charge in [-0.25, -0.2) is 0 Å². The minimum absolute atomic E-state index is 0.848. The third-order valence-electron chi connectivity index (χ3n) is 2.17. The Morgan fingerprint density at radius 2 is 2.21 bits per heavy atom. The Bertz CT molecular complexity index is 454. The van der Waals surface area contributed by atoms with Gasteiger partial charge in [0.05, 0.1) is 0 Å². The van der Waals surface area contributed by atoms with Gasteiger partial charge in [-0.05, 0) is 30.1 Å². The van der Waals surface area contributed by atoms with Crippen molar-refractivity contribution in [3.05, 3.63) is 40.6 Å². The first-order valence-corrected chi connectivity index (χ1v) is 5.27. The first-order valence-electron chi connectivity index (χ1n) is 4.48. The highest BCUT2D eigenvalue weighted by Crippen LogP contribution is 2.21. The monoisotopic (exact) mass is 250 g/mol. The number of hydrogen-bond acceptors (Lipinski definition) is 2. The summed E-state index contributed by atoms with van der Waals surface area (Å²) in [6, 6.07) is 6.24. The number of fused-ring (bicyclic) bond motifs is 1. The molecule has 1 aromatic carbocycles. The van der Waals surface area contributed by atoms with Crippen LogP contribution in [0.15, 0.2) is 35.1 Å². The van der Waals surface area contributed by atoms with Gasteiger partial charge in [0.2, 0.25) is 0 Å². The van der Waals surface area contributed by atoms with Crippen LogP contribution in [0, 0.1) is 0 Å². The summed E-state index contributed by atoms with van der Waals surface area (Å²) < 4.78 is 1.11. The van der Waals surface area contributed by atoms with Crippen molar-refractivity contribution < 1.29 is 0 Å². The maximum absolute atomic E-state index is 4.21. The van der Waals surface area contributed by atoms with E-state index in [2.05, 4.69) is 38.4 Å². The fourth-order valence-corrected chi connectivity index (χ4v) is 1.89. The van der Waals surface area contributed by atoms with Crippen molar-refractivity contribution in [2.24, 2.45) is 0 Å². The number of nitrogens with one attached hydrogen (secondary N) is 1. The van der Waals surface area contributed by atoms with Crippen LogP contribution in [-0.4, -0.2) is 12.0 Å². The highest BCUT2D eigenvalue weighted by Gasteiger charge is 2.00. The zero-order valence-electron chi connectivity index (χ0n) is 7.92. The van der Waals surface area contributed by atoms with Crippen molar-refractivity contribution in [1.29, 1.82) is 0 Å². The molecule has 0 spiro atoms. The predicted molar refractivity (Wildman–Crippen MR) is 62.2 cm³/mol.